The van der Waals surface area contributed by atoms with Crippen LogP contribution in [-0.2, 0) is 5.60 Å². The average Bonchev–Trinajstić information content (AvgIpc) is 2.79. The number of hydrogen-bond donors (Lipinski definition) is 1. The Hall–Kier alpha value is -0.330. The van der Waals surface area contributed by atoms with Crippen LogP contribution in [0.1, 0.15) is 43.2 Å². The van der Waals surface area contributed by atoms with Gasteiger partial charge in [-0.3, -0.25) is 0 Å². The van der Waals surface area contributed by atoms with E-state index in [-0.39, 0.29) is 24.0 Å². The molecule has 2 aromatic carbocycles. The minimum atomic E-state index is -1.08. The lowest BCUT2D eigenvalue weighted by atomic mass is 9.75. The molecule has 0 spiro atoms. The molecule has 1 N–H and O–H groups in total. The summed E-state index contributed by atoms with van der Waals surface area (Å²) in [4.78, 5) is 0. The lowest BCUT2D eigenvalue weighted by Gasteiger charge is -2.46. The van der Waals surface area contributed by atoms with Crippen LogP contribution in [0.4, 0.5) is 0 Å². The number of rotatable bonds is 4. The van der Waals surface area contributed by atoms with E-state index >= 15 is 0 Å². The van der Waals surface area contributed by atoms with Crippen molar-refractivity contribution in [3.63, 3.8) is 0 Å². The van der Waals surface area contributed by atoms with Crippen LogP contribution in [0.15, 0.2) is 48.5 Å². The highest BCUT2D eigenvalue weighted by molar-refractivity contribution is 6.31. The molecule has 2 fully saturated rings. The largest absolute Gasteiger partial charge is 1.00 e. The molecule has 4 rings (SSSR count). The van der Waals surface area contributed by atoms with Crippen LogP contribution < -0.4 is 24.0 Å². The third kappa shape index (κ3) is 4.11. The van der Waals surface area contributed by atoms with E-state index in [4.69, 9.17) is 23.2 Å². The number of fused-ring (bicyclic) bond motifs is 2. The maximum atomic E-state index is 12.0. The molecule has 2 heterocycles. The summed E-state index contributed by atoms with van der Waals surface area (Å²) in [5.74, 6) is 0.497. The van der Waals surface area contributed by atoms with Gasteiger partial charge in [-0.15, -0.1) is 0 Å². The van der Waals surface area contributed by atoms with Crippen LogP contribution in [0, 0.1) is 5.92 Å². The Morgan fingerprint density at radius 2 is 1.39 bits per heavy atom. The van der Waals surface area contributed by atoms with Gasteiger partial charge in [-0.05, 0) is 47.7 Å². The predicted octanol–water partition coefficient (Wildman–Crippen LogP) is 2.64. The van der Waals surface area contributed by atoms with Gasteiger partial charge in [0, 0.05) is 35.7 Å². The molecule has 2 aliphatic rings. The molecular formula is C23H28Cl2INO. The molecule has 152 valence electrons. The van der Waals surface area contributed by atoms with Crippen molar-refractivity contribution in [2.45, 2.75) is 49.8 Å². The topological polar surface area (TPSA) is 20.2 Å². The van der Waals surface area contributed by atoms with Crippen LogP contribution in [0.5, 0.6) is 0 Å². The molecule has 2 aromatic rings. The zero-order valence-electron chi connectivity index (χ0n) is 16.4. The standard InChI is InChI=1S/C23H28Cl2NO.HI/c1-26(2)21-9-10-22(26)12-16(11-21)15-23(27,17-5-3-7-19(24)13-17)18-6-4-8-20(25)14-18;/h3-8,13-14,16,21-22,27H,9-12,15H2,1-2H3;1H/q+1;/p-1. The van der Waals surface area contributed by atoms with E-state index in [2.05, 4.69) is 14.1 Å². The lowest BCUT2D eigenvalue weighted by Crippen LogP contribution is -3.00. The van der Waals surface area contributed by atoms with Crippen LogP contribution in [0.25, 0.3) is 0 Å². The highest BCUT2D eigenvalue weighted by Crippen LogP contribution is 2.47. The molecule has 0 aliphatic carbocycles. The average molecular weight is 532 g/mol. The highest BCUT2D eigenvalue weighted by Gasteiger charge is 2.50. The fraction of sp³-hybridized carbons (Fsp3) is 0.478. The van der Waals surface area contributed by atoms with E-state index in [1.165, 1.54) is 25.7 Å². The van der Waals surface area contributed by atoms with E-state index in [0.717, 1.165) is 15.6 Å². The number of benzene rings is 2. The van der Waals surface area contributed by atoms with Crippen LogP contribution >= 0.6 is 23.2 Å². The number of halogens is 3. The van der Waals surface area contributed by atoms with Crippen molar-refractivity contribution in [2.24, 2.45) is 5.92 Å². The number of nitrogens with zero attached hydrogens (tertiary/aromatic N) is 1. The molecule has 0 saturated carbocycles. The van der Waals surface area contributed by atoms with Crippen LogP contribution in [0.3, 0.4) is 0 Å². The first-order valence-corrected chi connectivity index (χ1v) is 10.6. The number of piperidine rings is 1. The molecule has 2 nitrogen and oxygen atoms in total. The van der Waals surface area contributed by atoms with Crippen molar-refractivity contribution in [2.75, 3.05) is 14.1 Å². The van der Waals surface area contributed by atoms with E-state index in [9.17, 15) is 5.11 Å². The molecule has 28 heavy (non-hydrogen) atoms. The molecule has 0 aromatic heterocycles. The Labute approximate surface area is 195 Å². The lowest BCUT2D eigenvalue weighted by molar-refractivity contribution is -0.931. The quantitative estimate of drug-likeness (QED) is 0.475. The van der Waals surface area contributed by atoms with E-state index < -0.39 is 5.60 Å². The van der Waals surface area contributed by atoms with Gasteiger partial charge in [-0.25, -0.2) is 0 Å². The van der Waals surface area contributed by atoms with Gasteiger partial charge in [0.2, 0.25) is 0 Å². The Kier molecular flexibility index (Phi) is 6.73. The first-order valence-electron chi connectivity index (χ1n) is 9.87. The summed E-state index contributed by atoms with van der Waals surface area (Å²) >= 11 is 12.5. The summed E-state index contributed by atoms with van der Waals surface area (Å²) in [6.07, 6.45) is 5.67. The number of quaternary nitrogens is 1. The number of aliphatic hydroxyl groups is 1. The Morgan fingerprint density at radius 1 is 0.929 bits per heavy atom. The van der Waals surface area contributed by atoms with E-state index in [1.807, 2.05) is 48.5 Å². The molecular weight excluding hydrogens is 504 g/mol. The van der Waals surface area contributed by atoms with Gasteiger partial charge >= 0.3 is 0 Å². The van der Waals surface area contributed by atoms with Gasteiger partial charge < -0.3 is 33.6 Å². The van der Waals surface area contributed by atoms with Gasteiger partial charge in [0.1, 0.15) is 5.60 Å². The summed E-state index contributed by atoms with van der Waals surface area (Å²) in [7, 11) is 4.75. The smallest absolute Gasteiger partial charge is 0.115 e. The second-order valence-corrected chi connectivity index (χ2v) is 9.81. The second kappa shape index (κ2) is 8.43. The van der Waals surface area contributed by atoms with E-state index in [0.29, 0.717) is 34.5 Å². The molecule has 2 atom stereocenters. The fourth-order valence-electron chi connectivity index (χ4n) is 5.47. The zero-order chi connectivity index (χ0) is 19.2. The molecule has 2 aliphatic heterocycles. The van der Waals surface area contributed by atoms with E-state index in [1.54, 1.807) is 0 Å². The molecule has 2 saturated heterocycles. The first-order chi connectivity index (χ1) is 12.8. The van der Waals surface area contributed by atoms with Gasteiger partial charge in [0.05, 0.1) is 26.2 Å². The van der Waals surface area contributed by atoms with Crippen molar-refractivity contribution in [3.8, 4) is 0 Å². The zero-order valence-corrected chi connectivity index (χ0v) is 20.1. The molecule has 0 radical (unpaired) electrons. The Balaban J connectivity index is 0.00000225. The van der Waals surface area contributed by atoms with Crippen molar-refractivity contribution in [3.05, 3.63) is 69.7 Å². The van der Waals surface area contributed by atoms with Crippen LogP contribution in [-0.4, -0.2) is 35.8 Å². The fourth-order valence-corrected chi connectivity index (χ4v) is 5.85. The third-order valence-electron chi connectivity index (χ3n) is 7.11. The summed E-state index contributed by atoms with van der Waals surface area (Å²) in [6.45, 7) is 0. The van der Waals surface area contributed by atoms with Gasteiger partial charge in [0.15, 0.2) is 0 Å². The van der Waals surface area contributed by atoms with Gasteiger partial charge in [-0.2, -0.15) is 0 Å². The molecule has 2 bridgehead atoms. The van der Waals surface area contributed by atoms with Crippen molar-refractivity contribution in [1.29, 1.82) is 0 Å². The molecule has 5 heteroatoms. The monoisotopic (exact) mass is 531 g/mol. The summed E-state index contributed by atoms with van der Waals surface area (Å²) < 4.78 is 1.14. The summed E-state index contributed by atoms with van der Waals surface area (Å²) in [5, 5.41) is 13.3. The Bertz CT molecular complexity index is 779. The molecule has 0 amide bonds. The Morgan fingerprint density at radius 3 is 1.82 bits per heavy atom. The second-order valence-electron chi connectivity index (χ2n) is 8.94. The van der Waals surface area contributed by atoms with Crippen molar-refractivity contribution < 1.29 is 33.6 Å². The SMILES string of the molecule is C[N+]1(C)C2CCC1CC(CC(O)(c1cccc(Cl)c1)c1cccc(Cl)c1)C2.[I-]. The maximum Gasteiger partial charge on any atom is 0.115 e. The highest BCUT2D eigenvalue weighted by atomic mass is 127. The number of hydrogen-bond acceptors (Lipinski definition) is 1. The minimum absolute atomic E-state index is 0. The predicted molar refractivity (Wildman–Crippen MR) is 112 cm³/mol. The van der Waals surface area contributed by atoms with Crippen molar-refractivity contribution >= 4 is 23.2 Å². The minimum Gasteiger partial charge on any atom is -1.00 e. The summed E-state index contributed by atoms with van der Waals surface area (Å²) in [5.41, 5.74) is 0.627. The maximum absolute atomic E-state index is 12.0. The van der Waals surface area contributed by atoms with Gasteiger partial charge in [0.25, 0.3) is 0 Å². The first kappa shape index (κ1) is 22.4. The molecule has 2 unspecified atom stereocenters. The normalized spacial score (nSPS) is 26.0. The third-order valence-corrected chi connectivity index (χ3v) is 7.58. The van der Waals surface area contributed by atoms with Crippen molar-refractivity contribution in [1.82, 2.24) is 0 Å². The van der Waals surface area contributed by atoms with Gasteiger partial charge in [-0.1, -0.05) is 47.5 Å². The summed E-state index contributed by atoms with van der Waals surface area (Å²) in [6, 6.07) is 16.7. The van der Waals surface area contributed by atoms with Crippen LogP contribution in [0.2, 0.25) is 10.0 Å².